The lowest BCUT2D eigenvalue weighted by molar-refractivity contribution is -0.142. The van der Waals surface area contributed by atoms with Gasteiger partial charge in [-0.3, -0.25) is 4.79 Å². The third-order valence-corrected chi connectivity index (χ3v) is 6.28. The summed E-state index contributed by atoms with van der Waals surface area (Å²) in [5, 5.41) is 7.19. The molecule has 3 aliphatic rings. The van der Waals surface area contributed by atoms with Crippen molar-refractivity contribution < 1.29 is 18.7 Å². The molecule has 0 bridgehead atoms. The van der Waals surface area contributed by atoms with E-state index in [0.29, 0.717) is 44.0 Å². The van der Waals surface area contributed by atoms with Crippen LogP contribution in [0.1, 0.15) is 31.2 Å². The number of likely N-dealkylation sites (tertiary alicyclic amines) is 1. The minimum absolute atomic E-state index is 0.114. The maximum atomic E-state index is 14.6. The molecule has 1 aromatic rings. The van der Waals surface area contributed by atoms with E-state index >= 15 is 0 Å². The Balaban J connectivity index is 1.21. The molecule has 0 radical (unpaired) electrons. The van der Waals surface area contributed by atoms with Crippen molar-refractivity contribution in [3.8, 4) is 0 Å². The Morgan fingerprint density at radius 2 is 1.90 bits per heavy atom. The minimum atomic E-state index is -0.227. The fourth-order valence-corrected chi connectivity index (χ4v) is 4.49. The van der Waals surface area contributed by atoms with E-state index in [9.17, 15) is 9.18 Å². The summed E-state index contributed by atoms with van der Waals surface area (Å²) in [7, 11) is 0. The molecule has 3 aliphatic heterocycles. The molecule has 0 unspecified atom stereocenters. The fourth-order valence-electron chi connectivity index (χ4n) is 4.49. The van der Waals surface area contributed by atoms with Gasteiger partial charge in [-0.25, -0.2) is 4.39 Å². The molecule has 0 spiro atoms. The number of carbonyl (C=O) groups excluding carboxylic acids is 1. The van der Waals surface area contributed by atoms with Gasteiger partial charge in [0.25, 0.3) is 0 Å². The zero-order valence-corrected chi connectivity index (χ0v) is 16.8. The van der Waals surface area contributed by atoms with Crippen LogP contribution in [-0.2, 0) is 20.7 Å². The van der Waals surface area contributed by atoms with Gasteiger partial charge in [0.2, 0.25) is 5.91 Å². The molecule has 0 atom stereocenters. The van der Waals surface area contributed by atoms with Crippen molar-refractivity contribution in [1.82, 2.24) is 4.90 Å². The molecule has 0 aromatic heterocycles. The van der Waals surface area contributed by atoms with E-state index in [1.807, 2.05) is 15.9 Å². The Hall–Kier alpha value is -1.99. The first-order valence-electron chi connectivity index (χ1n) is 10.7. The fraction of sp³-hybridized carbons (Fsp3) is 0.636. The largest absolute Gasteiger partial charge is 0.381 e. The Morgan fingerprint density at radius 1 is 1.17 bits per heavy atom. The quantitative estimate of drug-likeness (QED) is 0.742. The van der Waals surface area contributed by atoms with Crippen molar-refractivity contribution in [3.63, 3.8) is 0 Å². The molecule has 1 amide bonds. The number of carbonyl (C=O) groups is 1. The van der Waals surface area contributed by atoms with E-state index < -0.39 is 0 Å². The number of rotatable bonds is 6. The first-order chi connectivity index (χ1) is 14.2. The second-order valence-electron chi connectivity index (χ2n) is 8.23. The zero-order chi connectivity index (χ0) is 20.2. The molecule has 0 saturated carbocycles. The van der Waals surface area contributed by atoms with Gasteiger partial charge >= 0.3 is 0 Å². The Labute approximate surface area is 171 Å². The predicted octanol–water partition coefficient (Wildman–Crippen LogP) is 2.64. The van der Waals surface area contributed by atoms with Crippen molar-refractivity contribution >= 4 is 17.8 Å². The van der Waals surface area contributed by atoms with E-state index in [4.69, 9.17) is 14.9 Å². The summed E-state index contributed by atoms with van der Waals surface area (Å²) < 4.78 is 26.1. The summed E-state index contributed by atoms with van der Waals surface area (Å²) in [6, 6.07) is 5.36. The van der Waals surface area contributed by atoms with E-state index in [1.54, 1.807) is 12.1 Å². The molecule has 7 heteroatoms. The summed E-state index contributed by atoms with van der Waals surface area (Å²) in [6.07, 6.45) is 5.25. The van der Waals surface area contributed by atoms with Crippen molar-refractivity contribution in [2.45, 2.75) is 44.3 Å². The lowest BCUT2D eigenvalue weighted by Crippen LogP contribution is -2.55. The van der Waals surface area contributed by atoms with E-state index in [2.05, 4.69) is 0 Å². The standard InChI is InChI=1S/C22H30FN3O3/c23-21-16(4-9-24)2-1-3-20(21)26-14-19(15-26)29-18-5-10-25(11-6-18)22(27)17-7-12-28-13-8-17/h1-3,9,17-19,24H,4-8,10-15H2. The lowest BCUT2D eigenvalue weighted by atomic mass is 9.97. The van der Waals surface area contributed by atoms with Gasteiger partial charge in [0.15, 0.2) is 0 Å². The monoisotopic (exact) mass is 403 g/mol. The van der Waals surface area contributed by atoms with Crippen molar-refractivity contribution in [2.24, 2.45) is 5.92 Å². The Bertz CT molecular complexity index is 724. The highest BCUT2D eigenvalue weighted by molar-refractivity contribution is 5.79. The van der Waals surface area contributed by atoms with Crippen LogP contribution in [0.5, 0.6) is 0 Å². The number of hydrogen-bond acceptors (Lipinski definition) is 5. The molecular formula is C22H30FN3O3. The second kappa shape index (κ2) is 9.22. The predicted molar refractivity (Wildman–Crippen MR) is 109 cm³/mol. The Morgan fingerprint density at radius 3 is 2.59 bits per heavy atom. The molecule has 1 aromatic carbocycles. The van der Waals surface area contributed by atoms with Gasteiger partial charge < -0.3 is 24.7 Å². The molecule has 1 N–H and O–H groups in total. The number of anilines is 1. The number of ether oxygens (including phenoxy) is 2. The van der Waals surface area contributed by atoms with Crippen LogP contribution in [0.2, 0.25) is 0 Å². The van der Waals surface area contributed by atoms with Crippen LogP contribution in [0.25, 0.3) is 0 Å². The highest BCUT2D eigenvalue weighted by atomic mass is 19.1. The van der Waals surface area contributed by atoms with Crippen molar-refractivity contribution in [3.05, 3.63) is 29.6 Å². The third-order valence-electron chi connectivity index (χ3n) is 6.28. The van der Waals surface area contributed by atoms with Crippen LogP contribution >= 0.6 is 0 Å². The molecule has 6 nitrogen and oxygen atoms in total. The molecule has 3 heterocycles. The first kappa shape index (κ1) is 20.3. The molecule has 3 fully saturated rings. The zero-order valence-electron chi connectivity index (χ0n) is 16.8. The third kappa shape index (κ3) is 4.61. The van der Waals surface area contributed by atoms with E-state index in [-0.39, 0.29) is 29.9 Å². The molecule has 0 aliphatic carbocycles. The summed E-state index contributed by atoms with van der Waals surface area (Å²) in [5.74, 6) is 0.177. The van der Waals surface area contributed by atoms with Crippen LogP contribution in [0.4, 0.5) is 10.1 Å². The number of piperidine rings is 1. The minimum Gasteiger partial charge on any atom is -0.381 e. The summed E-state index contributed by atoms with van der Waals surface area (Å²) in [5.41, 5.74) is 1.16. The van der Waals surface area contributed by atoms with Crippen LogP contribution in [-0.4, -0.2) is 68.6 Å². The van der Waals surface area contributed by atoms with Gasteiger partial charge in [0.1, 0.15) is 5.82 Å². The van der Waals surface area contributed by atoms with Gasteiger partial charge in [-0.1, -0.05) is 12.1 Å². The van der Waals surface area contributed by atoms with Crippen LogP contribution < -0.4 is 4.90 Å². The number of nitrogens with zero attached hydrogens (tertiary/aromatic N) is 2. The summed E-state index contributed by atoms with van der Waals surface area (Å²) >= 11 is 0. The van der Waals surface area contributed by atoms with Gasteiger partial charge in [0.05, 0.1) is 17.9 Å². The SMILES string of the molecule is N=CCc1cccc(N2CC(OC3CCN(C(=O)C4CCOCC4)CC3)C2)c1F. The Kier molecular flexibility index (Phi) is 6.45. The van der Waals surface area contributed by atoms with Crippen LogP contribution in [0, 0.1) is 17.1 Å². The molecule has 3 saturated heterocycles. The highest BCUT2D eigenvalue weighted by Crippen LogP contribution is 2.29. The topological polar surface area (TPSA) is 65.9 Å². The number of halogens is 1. The van der Waals surface area contributed by atoms with E-state index in [0.717, 1.165) is 38.8 Å². The number of hydrogen-bond donors (Lipinski definition) is 1. The normalized spacial score (nSPS) is 21.8. The van der Waals surface area contributed by atoms with Crippen LogP contribution in [0.3, 0.4) is 0 Å². The first-order valence-corrected chi connectivity index (χ1v) is 10.7. The number of amides is 1. The molecule has 29 heavy (non-hydrogen) atoms. The van der Waals surface area contributed by atoms with Gasteiger partial charge in [0, 0.05) is 51.7 Å². The van der Waals surface area contributed by atoms with Crippen molar-refractivity contribution in [2.75, 3.05) is 44.3 Å². The molecule has 4 rings (SSSR count). The summed E-state index contributed by atoms with van der Waals surface area (Å²) in [4.78, 5) is 16.6. The summed E-state index contributed by atoms with van der Waals surface area (Å²) in [6.45, 7) is 4.28. The van der Waals surface area contributed by atoms with E-state index in [1.165, 1.54) is 6.21 Å². The maximum absolute atomic E-state index is 14.6. The van der Waals surface area contributed by atoms with Gasteiger partial charge in [-0.05, 0) is 43.5 Å². The van der Waals surface area contributed by atoms with Crippen molar-refractivity contribution in [1.29, 1.82) is 5.41 Å². The highest BCUT2D eigenvalue weighted by Gasteiger charge is 2.34. The average molecular weight is 403 g/mol. The van der Waals surface area contributed by atoms with Crippen LogP contribution in [0.15, 0.2) is 18.2 Å². The maximum Gasteiger partial charge on any atom is 0.225 e. The number of benzene rings is 1. The lowest BCUT2D eigenvalue weighted by Gasteiger charge is -2.44. The molecular weight excluding hydrogens is 373 g/mol. The average Bonchev–Trinajstić information content (AvgIpc) is 2.73. The van der Waals surface area contributed by atoms with Gasteiger partial charge in [-0.2, -0.15) is 0 Å². The molecule has 158 valence electrons. The second-order valence-corrected chi connectivity index (χ2v) is 8.23. The smallest absolute Gasteiger partial charge is 0.225 e. The number of nitrogens with one attached hydrogen (secondary N) is 1. The van der Waals surface area contributed by atoms with Gasteiger partial charge in [-0.15, -0.1) is 0 Å².